The van der Waals surface area contributed by atoms with E-state index in [0.29, 0.717) is 19.5 Å². The van der Waals surface area contributed by atoms with Gasteiger partial charge in [0.15, 0.2) is 0 Å². The molecule has 0 atom stereocenters. The summed E-state index contributed by atoms with van der Waals surface area (Å²) in [5.74, 6) is 5.94. The Morgan fingerprint density at radius 1 is 1.14 bits per heavy atom. The first kappa shape index (κ1) is 17.3. The van der Waals surface area contributed by atoms with E-state index in [2.05, 4.69) is 24.1 Å². The van der Waals surface area contributed by atoms with Crippen molar-refractivity contribution in [2.45, 2.75) is 52.0 Å². The second-order valence-corrected chi connectivity index (χ2v) is 5.14. The smallest absolute Gasteiger partial charge is 0.220 e. The molecule has 0 aliphatic carbocycles. The molecule has 1 rings (SSSR count). The molecule has 0 saturated carbocycles. The van der Waals surface area contributed by atoms with Gasteiger partial charge in [0.1, 0.15) is 0 Å². The Hall–Kier alpha value is -1.79. The van der Waals surface area contributed by atoms with Gasteiger partial charge in [0.25, 0.3) is 0 Å². The number of amides is 1. The molecule has 1 aromatic rings. The number of rotatable bonds is 8. The molecule has 21 heavy (non-hydrogen) atoms. The number of hydrogen-bond acceptors (Lipinski definition) is 2. The van der Waals surface area contributed by atoms with E-state index in [1.165, 1.54) is 19.3 Å². The Balaban J connectivity index is 2.23. The van der Waals surface area contributed by atoms with Crippen LogP contribution in [-0.2, 0) is 11.3 Å². The zero-order chi connectivity index (χ0) is 15.3. The van der Waals surface area contributed by atoms with Crippen molar-refractivity contribution in [2.75, 3.05) is 6.54 Å². The van der Waals surface area contributed by atoms with Crippen molar-refractivity contribution in [1.29, 1.82) is 0 Å². The van der Waals surface area contributed by atoms with Crippen LogP contribution < -0.4 is 11.1 Å². The Bertz CT molecular complexity index is 468. The number of unbranched alkanes of at least 4 members (excludes halogenated alkanes) is 4. The first-order valence-electron chi connectivity index (χ1n) is 7.81. The lowest BCUT2D eigenvalue weighted by atomic mass is 10.1. The van der Waals surface area contributed by atoms with Gasteiger partial charge in [-0.05, 0) is 24.1 Å². The van der Waals surface area contributed by atoms with Crippen molar-refractivity contribution in [1.82, 2.24) is 5.32 Å². The SMILES string of the molecule is CCCCCCCC(=O)NCc1ccc(C#CCN)cc1. The molecule has 114 valence electrons. The second kappa shape index (κ2) is 10.9. The highest BCUT2D eigenvalue weighted by Gasteiger charge is 2.01. The summed E-state index contributed by atoms with van der Waals surface area (Å²) in [6, 6.07) is 7.88. The normalized spacial score (nSPS) is 9.81. The van der Waals surface area contributed by atoms with Gasteiger partial charge in [-0.25, -0.2) is 0 Å². The maximum Gasteiger partial charge on any atom is 0.220 e. The third-order valence-electron chi connectivity index (χ3n) is 3.29. The van der Waals surface area contributed by atoms with Gasteiger partial charge in [-0.15, -0.1) is 0 Å². The van der Waals surface area contributed by atoms with Crippen LogP contribution >= 0.6 is 0 Å². The number of hydrogen-bond donors (Lipinski definition) is 2. The van der Waals surface area contributed by atoms with Gasteiger partial charge in [0.2, 0.25) is 5.91 Å². The van der Waals surface area contributed by atoms with Crippen LogP contribution in [0, 0.1) is 11.8 Å². The van der Waals surface area contributed by atoms with Crippen molar-refractivity contribution < 1.29 is 4.79 Å². The topological polar surface area (TPSA) is 55.1 Å². The molecule has 0 aliphatic rings. The molecule has 0 saturated heterocycles. The molecule has 0 fully saturated rings. The molecule has 0 unspecified atom stereocenters. The summed E-state index contributed by atoms with van der Waals surface area (Å²) in [5, 5.41) is 2.96. The van der Waals surface area contributed by atoms with Gasteiger partial charge < -0.3 is 11.1 Å². The zero-order valence-electron chi connectivity index (χ0n) is 13.0. The molecule has 0 aromatic heterocycles. The standard InChI is InChI=1S/C18H26N2O/c1-2-3-4-5-6-9-18(21)20-15-17-12-10-16(11-13-17)8-7-14-19/h10-13H,2-6,9,14-15,19H2,1H3,(H,20,21). The highest BCUT2D eigenvalue weighted by atomic mass is 16.1. The summed E-state index contributed by atoms with van der Waals surface area (Å²) in [6.07, 6.45) is 6.49. The Morgan fingerprint density at radius 3 is 2.52 bits per heavy atom. The van der Waals surface area contributed by atoms with E-state index in [0.717, 1.165) is 24.0 Å². The van der Waals surface area contributed by atoms with E-state index < -0.39 is 0 Å². The van der Waals surface area contributed by atoms with Crippen LogP contribution in [0.4, 0.5) is 0 Å². The van der Waals surface area contributed by atoms with Gasteiger partial charge in [-0.3, -0.25) is 4.79 Å². The quantitative estimate of drug-likeness (QED) is 0.570. The Kier molecular flexibility index (Phi) is 8.99. The second-order valence-electron chi connectivity index (χ2n) is 5.14. The number of carbonyl (C=O) groups excluding carboxylic acids is 1. The highest BCUT2D eigenvalue weighted by Crippen LogP contribution is 2.06. The lowest BCUT2D eigenvalue weighted by Crippen LogP contribution is -2.22. The molecule has 0 heterocycles. The van der Waals surface area contributed by atoms with Crippen LogP contribution in [0.1, 0.15) is 56.6 Å². The predicted molar refractivity (Wildman–Crippen MR) is 87.6 cm³/mol. The van der Waals surface area contributed by atoms with Crippen LogP contribution in [0.3, 0.4) is 0 Å². The average Bonchev–Trinajstić information content (AvgIpc) is 2.51. The van der Waals surface area contributed by atoms with Crippen molar-refractivity contribution in [2.24, 2.45) is 5.73 Å². The maximum absolute atomic E-state index is 11.7. The van der Waals surface area contributed by atoms with Crippen molar-refractivity contribution in [3.63, 3.8) is 0 Å². The van der Waals surface area contributed by atoms with Crippen LogP contribution in [-0.4, -0.2) is 12.5 Å². The molecular formula is C18H26N2O. The summed E-state index contributed by atoms with van der Waals surface area (Å²) in [7, 11) is 0. The fourth-order valence-electron chi connectivity index (χ4n) is 2.04. The van der Waals surface area contributed by atoms with Gasteiger partial charge in [0.05, 0.1) is 6.54 Å². The fourth-order valence-corrected chi connectivity index (χ4v) is 2.04. The van der Waals surface area contributed by atoms with E-state index in [4.69, 9.17) is 5.73 Å². The van der Waals surface area contributed by atoms with Crippen molar-refractivity contribution in [3.05, 3.63) is 35.4 Å². The van der Waals surface area contributed by atoms with Crippen LogP contribution in [0.2, 0.25) is 0 Å². The summed E-state index contributed by atoms with van der Waals surface area (Å²) in [6.45, 7) is 3.15. The summed E-state index contributed by atoms with van der Waals surface area (Å²) >= 11 is 0. The van der Waals surface area contributed by atoms with Crippen molar-refractivity contribution >= 4 is 5.91 Å². The molecule has 3 heteroatoms. The monoisotopic (exact) mass is 286 g/mol. The molecule has 0 aliphatic heterocycles. The van der Waals surface area contributed by atoms with Gasteiger partial charge in [-0.2, -0.15) is 0 Å². The Morgan fingerprint density at radius 2 is 1.86 bits per heavy atom. The van der Waals surface area contributed by atoms with Gasteiger partial charge >= 0.3 is 0 Å². The van der Waals surface area contributed by atoms with Crippen LogP contribution in [0.15, 0.2) is 24.3 Å². The fraction of sp³-hybridized carbons (Fsp3) is 0.500. The van der Waals surface area contributed by atoms with E-state index in [1.807, 2.05) is 24.3 Å². The van der Waals surface area contributed by atoms with Crippen LogP contribution in [0.25, 0.3) is 0 Å². The highest BCUT2D eigenvalue weighted by molar-refractivity contribution is 5.75. The minimum absolute atomic E-state index is 0.137. The first-order chi connectivity index (χ1) is 10.3. The molecule has 3 N–H and O–H groups in total. The zero-order valence-corrected chi connectivity index (χ0v) is 13.0. The van der Waals surface area contributed by atoms with E-state index in [-0.39, 0.29) is 5.91 Å². The molecule has 3 nitrogen and oxygen atoms in total. The van der Waals surface area contributed by atoms with E-state index in [1.54, 1.807) is 0 Å². The largest absolute Gasteiger partial charge is 0.352 e. The number of carbonyl (C=O) groups is 1. The maximum atomic E-state index is 11.7. The third-order valence-corrected chi connectivity index (χ3v) is 3.29. The van der Waals surface area contributed by atoms with Gasteiger partial charge in [0, 0.05) is 18.5 Å². The minimum atomic E-state index is 0.137. The first-order valence-corrected chi connectivity index (χ1v) is 7.81. The number of benzene rings is 1. The molecule has 0 radical (unpaired) electrons. The Labute approximate surface area is 128 Å². The van der Waals surface area contributed by atoms with Gasteiger partial charge in [-0.1, -0.05) is 56.6 Å². The summed E-state index contributed by atoms with van der Waals surface area (Å²) in [5.41, 5.74) is 7.37. The number of nitrogens with two attached hydrogens (primary N) is 1. The molecule has 0 spiro atoms. The predicted octanol–water partition coefficient (Wildman–Crippen LogP) is 2.97. The molecule has 1 aromatic carbocycles. The summed E-state index contributed by atoms with van der Waals surface area (Å²) < 4.78 is 0. The minimum Gasteiger partial charge on any atom is -0.352 e. The molecule has 1 amide bonds. The molecule has 0 bridgehead atoms. The van der Waals surface area contributed by atoms with Crippen LogP contribution in [0.5, 0.6) is 0 Å². The molecular weight excluding hydrogens is 260 g/mol. The summed E-state index contributed by atoms with van der Waals surface area (Å²) in [4.78, 5) is 11.7. The van der Waals surface area contributed by atoms with E-state index in [9.17, 15) is 4.79 Å². The van der Waals surface area contributed by atoms with Crippen molar-refractivity contribution in [3.8, 4) is 11.8 Å². The lowest BCUT2D eigenvalue weighted by molar-refractivity contribution is -0.121. The average molecular weight is 286 g/mol. The lowest BCUT2D eigenvalue weighted by Gasteiger charge is -2.05. The number of nitrogens with one attached hydrogen (secondary N) is 1. The van der Waals surface area contributed by atoms with E-state index >= 15 is 0 Å². The third kappa shape index (κ3) is 8.16.